The number of benzene rings is 2. The van der Waals surface area contributed by atoms with Crippen LogP contribution in [0.5, 0.6) is 11.5 Å². The molecule has 0 fully saturated rings. The number of hydrogen-bond acceptors (Lipinski definition) is 5. The lowest BCUT2D eigenvalue weighted by Crippen LogP contribution is -2.26. The van der Waals surface area contributed by atoms with E-state index in [0.29, 0.717) is 30.3 Å². The van der Waals surface area contributed by atoms with Gasteiger partial charge in [0, 0.05) is 19.5 Å². The van der Waals surface area contributed by atoms with E-state index in [-0.39, 0.29) is 17.5 Å². The number of anilines is 1. The summed E-state index contributed by atoms with van der Waals surface area (Å²) in [6, 6.07) is 16.5. The average molecular weight is 408 g/mol. The largest absolute Gasteiger partial charge is 0.493 e. The molecule has 1 heterocycles. The van der Waals surface area contributed by atoms with Gasteiger partial charge in [-0.15, -0.1) is 0 Å². The third-order valence-electron chi connectivity index (χ3n) is 4.39. The molecular weight excluding hydrogens is 384 g/mol. The average Bonchev–Trinajstić information content (AvgIpc) is 3.17. The van der Waals surface area contributed by atoms with Gasteiger partial charge in [-0.1, -0.05) is 24.3 Å². The number of nitrogens with one attached hydrogen (secondary N) is 2. The van der Waals surface area contributed by atoms with Crippen molar-refractivity contribution in [3.8, 4) is 17.2 Å². The summed E-state index contributed by atoms with van der Waals surface area (Å²) in [5, 5.41) is 9.93. The van der Waals surface area contributed by atoms with E-state index in [2.05, 4.69) is 15.7 Å². The van der Waals surface area contributed by atoms with Crippen molar-refractivity contribution in [2.45, 2.75) is 13.3 Å². The van der Waals surface area contributed by atoms with Crippen LogP contribution in [0.1, 0.15) is 23.0 Å². The van der Waals surface area contributed by atoms with E-state index in [4.69, 9.17) is 9.47 Å². The van der Waals surface area contributed by atoms with Gasteiger partial charge in [0.1, 0.15) is 5.82 Å². The Bertz CT molecular complexity index is 1030. The van der Waals surface area contributed by atoms with Crippen molar-refractivity contribution in [3.63, 3.8) is 0 Å². The van der Waals surface area contributed by atoms with Crippen LogP contribution in [0.3, 0.4) is 0 Å². The van der Waals surface area contributed by atoms with Crippen molar-refractivity contribution in [1.29, 1.82) is 0 Å². The van der Waals surface area contributed by atoms with Gasteiger partial charge in [-0.05, 0) is 36.2 Å². The number of carbonyl (C=O) groups excluding carboxylic acids is 2. The Balaban J connectivity index is 1.69. The van der Waals surface area contributed by atoms with Gasteiger partial charge in [0.2, 0.25) is 5.91 Å². The third-order valence-corrected chi connectivity index (χ3v) is 4.39. The number of carbonyl (C=O) groups is 2. The highest BCUT2D eigenvalue weighted by atomic mass is 16.5. The number of rotatable bonds is 8. The predicted octanol–water partition coefficient (Wildman–Crippen LogP) is 2.82. The first-order valence-corrected chi connectivity index (χ1v) is 9.44. The highest BCUT2D eigenvalue weighted by Gasteiger charge is 2.16. The minimum Gasteiger partial charge on any atom is -0.493 e. The Kier molecular flexibility index (Phi) is 6.69. The summed E-state index contributed by atoms with van der Waals surface area (Å²) in [5.74, 6) is 1.16. The molecule has 0 atom stereocenters. The molecule has 0 bridgehead atoms. The van der Waals surface area contributed by atoms with E-state index in [1.165, 1.54) is 11.6 Å². The molecule has 156 valence electrons. The molecule has 0 aliphatic carbocycles. The molecular formula is C22H24N4O4. The highest BCUT2D eigenvalue weighted by molar-refractivity contribution is 5.95. The second kappa shape index (κ2) is 9.60. The molecule has 2 N–H and O–H groups in total. The quantitative estimate of drug-likeness (QED) is 0.598. The molecule has 2 aromatic carbocycles. The Labute approximate surface area is 174 Å². The summed E-state index contributed by atoms with van der Waals surface area (Å²) in [6.07, 6.45) is 0.615. The van der Waals surface area contributed by atoms with E-state index in [1.54, 1.807) is 20.3 Å². The fraction of sp³-hybridized carbons (Fsp3) is 0.227. The number of amides is 2. The molecule has 3 rings (SSSR count). The monoisotopic (exact) mass is 408 g/mol. The van der Waals surface area contributed by atoms with Crippen LogP contribution in [-0.4, -0.2) is 42.4 Å². The van der Waals surface area contributed by atoms with Crippen LogP contribution in [0, 0.1) is 0 Å². The first-order valence-electron chi connectivity index (χ1n) is 9.44. The zero-order valence-electron chi connectivity index (χ0n) is 17.1. The second-order valence-electron chi connectivity index (χ2n) is 6.54. The second-order valence-corrected chi connectivity index (χ2v) is 6.54. The normalized spacial score (nSPS) is 10.4. The fourth-order valence-corrected chi connectivity index (χ4v) is 2.97. The van der Waals surface area contributed by atoms with Gasteiger partial charge in [0.05, 0.1) is 19.9 Å². The Morgan fingerprint density at radius 2 is 1.73 bits per heavy atom. The highest BCUT2D eigenvalue weighted by Crippen LogP contribution is 2.27. The molecule has 8 nitrogen and oxygen atoms in total. The molecule has 0 saturated heterocycles. The molecule has 3 aromatic rings. The molecule has 0 aliphatic heterocycles. The zero-order chi connectivity index (χ0) is 21.5. The summed E-state index contributed by atoms with van der Waals surface area (Å²) < 4.78 is 12.1. The summed E-state index contributed by atoms with van der Waals surface area (Å²) in [7, 11) is 3.17. The molecule has 2 amide bonds. The van der Waals surface area contributed by atoms with Crippen molar-refractivity contribution in [2.24, 2.45) is 0 Å². The number of methoxy groups -OCH3 is 2. The zero-order valence-corrected chi connectivity index (χ0v) is 17.1. The molecule has 0 saturated carbocycles. The first kappa shape index (κ1) is 20.9. The minimum atomic E-state index is -0.322. The Morgan fingerprint density at radius 1 is 1.00 bits per heavy atom. The van der Waals surface area contributed by atoms with E-state index < -0.39 is 0 Å². The summed E-state index contributed by atoms with van der Waals surface area (Å²) in [5.41, 5.74) is 1.96. The molecule has 8 heteroatoms. The molecule has 30 heavy (non-hydrogen) atoms. The van der Waals surface area contributed by atoms with Crippen molar-refractivity contribution in [3.05, 3.63) is 65.9 Å². The van der Waals surface area contributed by atoms with Gasteiger partial charge in [0.25, 0.3) is 5.91 Å². The van der Waals surface area contributed by atoms with E-state index in [0.717, 1.165) is 11.3 Å². The van der Waals surface area contributed by atoms with Gasteiger partial charge >= 0.3 is 0 Å². The lowest BCUT2D eigenvalue weighted by atomic mass is 10.1. The topological polar surface area (TPSA) is 94.5 Å². The summed E-state index contributed by atoms with van der Waals surface area (Å²) in [6.45, 7) is 1.83. The van der Waals surface area contributed by atoms with Gasteiger partial charge in [-0.3, -0.25) is 9.59 Å². The van der Waals surface area contributed by atoms with Gasteiger partial charge in [0.15, 0.2) is 17.2 Å². The van der Waals surface area contributed by atoms with Crippen LogP contribution in [-0.2, 0) is 11.2 Å². The van der Waals surface area contributed by atoms with Crippen molar-refractivity contribution in [1.82, 2.24) is 15.1 Å². The Morgan fingerprint density at radius 3 is 2.40 bits per heavy atom. The molecule has 0 aliphatic rings. The molecule has 0 spiro atoms. The van der Waals surface area contributed by atoms with Gasteiger partial charge < -0.3 is 20.1 Å². The standard InChI is InChI=1S/C22H24N4O4/c1-15(27)24-21-14-18(25-26(21)17-7-5-4-6-8-17)22(28)23-12-11-16-9-10-19(29-2)20(13-16)30-3/h4-10,13-14H,11-12H2,1-3H3,(H,23,28)(H,24,27). The number of para-hydroxylation sites is 1. The van der Waals surface area contributed by atoms with Gasteiger partial charge in [-0.2, -0.15) is 5.10 Å². The van der Waals surface area contributed by atoms with Crippen LogP contribution in [0.4, 0.5) is 5.82 Å². The van der Waals surface area contributed by atoms with Crippen LogP contribution >= 0.6 is 0 Å². The lowest BCUT2D eigenvalue weighted by Gasteiger charge is -2.09. The van der Waals surface area contributed by atoms with E-state index >= 15 is 0 Å². The molecule has 0 radical (unpaired) electrons. The van der Waals surface area contributed by atoms with E-state index in [1.807, 2.05) is 48.5 Å². The first-order chi connectivity index (χ1) is 14.5. The van der Waals surface area contributed by atoms with Crippen molar-refractivity contribution in [2.75, 3.05) is 26.1 Å². The van der Waals surface area contributed by atoms with Crippen LogP contribution < -0.4 is 20.1 Å². The maximum absolute atomic E-state index is 12.6. The number of aromatic nitrogens is 2. The summed E-state index contributed by atoms with van der Waals surface area (Å²) in [4.78, 5) is 24.1. The predicted molar refractivity (Wildman–Crippen MR) is 113 cm³/mol. The van der Waals surface area contributed by atoms with Crippen molar-refractivity contribution < 1.29 is 19.1 Å². The maximum Gasteiger partial charge on any atom is 0.271 e. The van der Waals surface area contributed by atoms with Crippen LogP contribution in [0.25, 0.3) is 5.69 Å². The smallest absolute Gasteiger partial charge is 0.271 e. The number of hydrogen-bond donors (Lipinski definition) is 2. The SMILES string of the molecule is COc1ccc(CCNC(=O)c2cc(NC(C)=O)n(-c3ccccc3)n2)cc1OC. The number of ether oxygens (including phenoxy) is 2. The summed E-state index contributed by atoms with van der Waals surface area (Å²) >= 11 is 0. The van der Waals surface area contributed by atoms with Crippen LogP contribution in [0.2, 0.25) is 0 Å². The Hall–Kier alpha value is -3.81. The lowest BCUT2D eigenvalue weighted by molar-refractivity contribution is -0.114. The van der Waals surface area contributed by atoms with Crippen LogP contribution in [0.15, 0.2) is 54.6 Å². The fourth-order valence-electron chi connectivity index (χ4n) is 2.97. The minimum absolute atomic E-state index is 0.218. The van der Waals surface area contributed by atoms with Crippen molar-refractivity contribution >= 4 is 17.6 Å². The van der Waals surface area contributed by atoms with E-state index in [9.17, 15) is 9.59 Å². The maximum atomic E-state index is 12.6. The van der Waals surface area contributed by atoms with Gasteiger partial charge in [-0.25, -0.2) is 4.68 Å². The molecule has 0 unspecified atom stereocenters. The number of nitrogens with zero attached hydrogens (tertiary/aromatic N) is 2. The third kappa shape index (κ3) is 4.96. The molecule has 1 aromatic heterocycles.